The second kappa shape index (κ2) is 23.7. The molecule has 2 fully saturated rings. The summed E-state index contributed by atoms with van der Waals surface area (Å²) in [6, 6.07) is -0.616. The Kier molecular flexibility index (Phi) is 19.9. The first-order valence-electron chi connectivity index (χ1n) is 21.5. The van der Waals surface area contributed by atoms with Gasteiger partial charge in [0, 0.05) is 11.8 Å². The summed E-state index contributed by atoms with van der Waals surface area (Å²) in [6.45, 7) is 15.5. The summed E-state index contributed by atoms with van der Waals surface area (Å²) in [4.78, 5) is 57.3. The van der Waals surface area contributed by atoms with Crippen LogP contribution < -0.4 is 0 Å². The van der Waals surface area contributed by atoms with E-state index in [0.29, 0.717) is 18.4 Å². The first-order chi connectivity index (χ1) is 26.6. The Morgan fingerprint density at radius 3 is 1.73 bits per heavy atom. The number of rotatable bonds is 18. The predicted octanol–water partition coefficient (Wildman–Crippen LogP) is 9.86. The molecule has 56 heavy (non-hydrogen) atoms. The Morgan fingerprint density at radius 1 is 0.732 bits per heavy atom. The van der Waals surface area contributed by atoms with Crippen molar-refractivity contribution in [3.05, 3.63) is 17.8 Å². The Labute approximate surface area is 336 Å². The molecule has 0 N–H and O–H groups in total. The van der Waals surface area contributed by atoms with E-state index in [1.165, 1.54) is 76.9 Å². The van der Waals surface area contributed by atoms with E-state index >= 15 is 0 Å². The quantitative estimate of drug-likeness (QED) is 0.103. The standard InChI is InChI=1S/C22H37NO5.C22H35NO5/c2*1-5-26-21(25)18-15-27-20(23-18)17(14-19(24)28-22(2,3)4)13-9-12-16-10-7-6-8-11-16/h16-18H,5-15H2,1-4H3;15-17H,5-14H2,1-4H3/t17-,18+;17-/m11/s1. The number of carbonyl (C=O) groups excluding carboxylic acids is 4. The summed E-state index contributed by atoms with van der Waals surface area (Å²) in [5.74, 6) is 0.786. The molecule has 0 radical (unpaired) electrons. The van der Waals surface area contributed by atoms with Gasteiger partial charge in [0.1, 0.15) is 24.1 Å². The third-order valence-corrected chi connectivity index (χ3v) is 10.4. The zero-order chi connectivity index (χ0) is 41.1. The molecule has 12 heteroatoms. The lowest BCUT2D eigenvalue weighted by atomic mass is 9.84. The number of hydrogen-bond donors (Lipinski definition) is 0. The molecule has 2 heterocycles. The van der Waals surface area contributed by atoms with E-state index in [0.717, 1.165) is 43.9 Å². The summed E-state index contributed by atoms with van der Waals surface area (Å²) in [5, 5.41) is 0. The monoisotopic (exact) mass is 789 g/mol. The molecule has 3 aliphatic rings. The minimum absolute atomic E-state index is 0.141. The van der Waals surface area contributed by atoms with Gasteiger partial charge in [-0.15, -0.1) is 0 Å². The third kappa shape index (κ3) is 18.2. The molecule has 3 atom stereocenters. The van der Waals surface area contributed by atoms with Gasteiger partial charge < -0.3 is 28.1 Å². The second-order valence-electron chi connectivity index (χ2n) is 17.7. The lowest BCUT2D eigenvalue weighted by Crippen LogP contribution is -2.27. The maximum Gasteiger partial charge on any atom is 0.360 e. The third-order valence-electron chi connectivity index (χ3n) is 10.4. The molecule has 1 aliphatic heterocycles. The van der Waals surface area contributed by atoms with Crippen molar-refractivity contribution in [3.8, 4) is 0 Å². The van der Waals surface area contributed by atoms with Crippen molar-refractivity contribution in [1.82, 2.24) is 4.98 Å². The van der Waals surface area contributed by atoms with Gasteiger partial charge in [0.15, 0.2) is 23.5 Å². The maximum atomic E-state index is 12.4. The van der Waals surface area contributed by atoms with Crippen LogP contribution in [0.25, 0.3) is 0 Å². The van der Waals surface area contributed by atoms with Crippen molar-refractivity contribution in [2.45, 2.75) is 194 Å². The van der Waals surface area contributed by atoms with Gasteiger partial charge in [-0.2, -0.15) is 0 Å². The fraction of sp³-hybridized carbons (Fsp3) is 0.818. The first-order valence-corrected chi connectivity index (χ1v) is 21.5. The minimum Gasteiger partial charge on any atom is -0.478 e. The largest absolute Gasteiger partial charge is 0.478 e. The predicted molar refractivity (Wildman–Crippen MR) is 214 cm³/mol. The maximum absolute atomic E-state index is 12.4. The smallest absolute Gasteiger partial charge is 0.360 e. The van der Waals surface area contributed by atoms with E-state index in [4.69, 9.17) is 28.1 Å². The molecule has 2 aliphatic carbocycles. The minimum atomic E-state index is -0.616. The highest BCUT2D eigenvalue weighted by Gasteiger charge is 2.33. The number of hydrogen-bond acceptors (Lipinski definition) is 12. The zero-order valence-electron chi connectivity index (χ0n) is 35.8. The Morgan fingerprint density at radius 2 is 1.23 bits per heavy atom. The van der Waals surface area contributed by atoms with Crippen LogP contribution in [0.2, 0.25) is 0 Å². The van der Waals surface area contributed by atoms with Crippen molar-refractivity contribution in [2.75, 3.05) is 19.8 Å². The molecule has 2 saturated carbocycles. The first kappa shape index (κ1) is 46.9. The van der Waals surface area contributed by atoms with Crippen LogP contribution in [0.3, 0.4) is 0 Å². The number of esters is 4. The molecule has 0 amide bonds. The van der Waals surface area contributed by atoms with E-state index in [2.05, 4.69) is 9.98 Å². The van der Waals surface area contributed by atoms with E-state index in [1.807, 2.05) is 41.5 Å². The lowest BCUT2D eigenvalue weighted by Gasteiger charge is -2.24. The molecule has 1 aromatic rings. The van der Waals surface area contributed by atoms with Crippen molar-refractivity contribution in [2.24, 2.45) is 22.7 Å². The van der Waals surface area contributed by atoms with Gasteiger partial charge in [-0.25, -0.2) is 19.6 Å². The van der Waals surface area contributed by atoms with Gasteiger partial charge in [-0.3, -0.25) is 9.59 Å². The number of oxazole rings is 1. The van der Waals surface area contributed by atoms with Crippen LogP contribution in [0.15, 0.2) is 15.7 Å². The highest BCUT2D eigenvalue weighted by Crippen LogP contribution is 2.33. The lowest BCUT2D eigenvalue weighted by molar-refractivity contribution is -0.156. The van der Waals surface area contributed by atoms with Crippen molar-refractivity contribution >= 4 is 29.8 Å². The normalized spacial score (nSPS) is 19.1. The van der Waals surface area contributed by atoms with Gasteiger partial charge in [-0.05, 0) is 80.1 Å². The van der Waals surface area contributed by atoms with Crippen molar-refractivity contribution in [1.29, 1.82) is 0 Å². The molecule has 0 aromatic carbocycles. The van der Waals surface area contributed by atoms with Gasteiger partial charge >= 0.3 is 23.9 Å². The molecule has 0 unspecified atom stereocenters. The molecule has 0 spiro atoms. The molecule has 318 valence electrons. The Balaban J connectivity index is 0.000000300. The number of ether oxygens (including phenoxy) is 5. The number of carbonyl (C=O) groups is 4. The Bertz CT molecular complexity index is 1380. The average Bonchev–Trinajstić information content (AvgIpc) is 3.82. The van der Waals surface area contributed by atoms with Gasteiger partial charge in [0.25, 0.3) is 0 Å². The fourth-order valence-electron chi connectivity index (χ4n) is 7.80. The summed E-state index contributed by atoms with van der Waals surface area (Å²) in [5.41, 5.74) is -0.898. The van der Waals surface area contributed by atoms with Crippen LogP contribution in [0.5, 0.6) is 0 Å². The zero-order valence-corrected chi connectivity index (χ0v) is 35.8. The molecular weight excluding hydrogens is 716 g/mol. The van der Waals surface area contributed by atoms with E-state index in [-0.39, 0.29) is 61.5 Å². The number of aliphatic imine (C=N–C) groups is 1. The van der Waals surface area contributed by atoms with E-state index in [1.54, 1.807) is 13.8 Å². The summed E-state index contributed by atoms with van der Waals surface area (Å²) < 4.78 is 32.3. The fourth-order valence-corrected chi connectivity index (χ4v) is 7.80. The second-order valence-corrected chi connectivity index (χ2v) is 17.7. The van der Waals surface area contributed by atoms with Crippen LogP contribution in [-0.4, -0.2) is 71.8 Å². The molecule has 0 bridgehead atoms. The summed E-state index contributed by atoms with van der Waals surface area (Å²) in [7, 11) is 0. The molecule has 1 aromatic heterocycles. The van der Waals surface area contributed by atoms with Crippen LogP contribution in [0.1, 0.15) is 193 Å². The van der Waals surface area contributed by atoms with Crippen LogP contribution in [-0.2, 0) is 38.1 Å². The van der Waals surface area contributed by atoms with Crippen LogP contribution in [0, 0.1) is 17.8 Å². The van der Waals surface area contributed by atoms with Gasteiger partial charge in [0.2, 0.25) is 0 Å². The van der Waals surface area contributed by atoms with Gasteiger partial charge in [-0.1, -0.05) is 89.9 Å². The molecule has 0 saturated heterocycles. The number of aromatic nitrogens is 1. The average molecular weight is 789 g/mol. The van der Waals surface area contributed by atoms with Crippen molar-refractivity contribution in [3.63, 3.8) is 0 Å². The highest BCUT2D eigenvalue weighted by atomic mass is 16.6. The van der Waals surface area contributed by atoms with Crippen LogP contribution >= 0.6 is 0 Å². The summed E-state index contributed by atoms with van der Waals surface area (Å²) >= 11 is 0. The number of nitrogens with zero attached hydrogens (tertiary/aromatic N) is 2. The van der Waals surface area contributed by atoms with Crippen LogP contribution in [0.4, 0.5) is 0 Å². The molecular formula is C44H72N2O10. The van der Waals surface area contributed by atoms with E-state index in [9.17, 15) is 19.2 Å². The van der Waals surface area contributed by atoms with Gasteiger partial charge in [0.05, 0.1) is 26.1 Å². The molecule has 12 nitrogen and oxygen atoms in total. The van der Waals surface area contributed by atoms with E-state index < -0.39 is 23.2 Å². The molecule has 4 rings (SSSR count). The SMILES string of the molecule is CCOC(=O)[C@@H]1COC([C@H](CCCC2CCCCC2)CC(=O)OC(C)(C)C)=N1.CCOC(=O)c1coc([C@H](CCCC2CCCCC2)CC(=O)OC(C)(C)C)n1. The summed E-state index contributed by atoms with van der Waals surface area (Å²) in [6.07, 6.45) is 21.0. The topological polar surface area (TPSA) is 153 Å². The van der Waals surface area contributed by atoms with Crippen molar-refractivity contribution < 1.29 is 47.3 Å². The Hall–Kier alpha value is -3.44. The highest BCUT2D eigenvalue weighted by molar-refractivity contribution is 5.89.